The van der Waals surface area contributed by atoms with E-state index in [1.165, 1.54) is 44.4 Å². The zero-order chi connectivity index (χ0) is 53.6. The number of nitrogens with zero attached hydrogens (tertiary/aromatic N) is 3. The van der Waals surface area contributed by atoms with Crippen LogP contribution in [0, 0.1) is 23.7 Å². The van der Waals surface area contributed by atoms with Gasteiger partial charge in [0.1, 0.15) is 42.8 Å². The molecule has 0 saturated carbocycles. The summed E-state index contributed by atoms with van der Waals surface area (Å²) in [5.41, 5.74) is 5.84. The molecule has 402 valence electrons. The minimum absolute atomic E-state index is 0.0118. The highest BCUT2D eigenvalue weighted by molar-refractivity contribution is 5.93. The van der Waals surface area contributed by atoms with Gasteiger partial charge in [-0.25, -0.2) is 9.59 Å². The van der Waals surface area contributed by atoms with Crippen molar-refractivity contribution in [1.29, 1.82) is 0 Å². The maximum absolute atomic E-state index is 14.6. The molecule has 1 aromatic carbocycles. The summed E-state index contributed by atoms with van der Waals surface area (Å²) in [5, 5.41) is 48.5. The van der Waals surface area contributed by atoms with Gasteiger partial charge in [0.05, 0.1) is 42.3 Å². The van der Waals surface area contributed by atoms with Crippen LogP contribution >= 0.6 is 0 Å². The lowest BCUT2D eigenvalue weighted by atomic mass is 9.89. The number of aliphatic carboxylic acids is 1. The topological polar surface area (TPSA) is 318 Å². The second-order valence-corrected chi connectivity index (χ2v) is 19.1. The van der Waals surface area contributed by atoms with Crippen LogP contribution in [0.4, 0.5) is 10.5 Å². The number of amides is 6. The molecule has 23 nitrogen and oxygen atoms in total. The van der Waals surface area contributed by atoms with Gasteiger partial charge in [-0.3, -0.25) is 28.9 Å². The Hall–Kier alpha value is -5.17. The van der Waals surface area contributed by atoms with Gasteiger partial charge in [-0.1, -0.05) is 61.0 Å². The van der Waals surface area contributed by atoms with Gasteiger partial charge in [0.15, 0.2) is 6.10 Å². The molecule has 1 aromatic rings. The number of carboxylic acid groups (broad SMARTS) is 1. The van der Waals surface area contributed by atoms with Gasteiger partial charge in [0.2, 0.25) is 35.8 Å². The Balaban J connectivity index is 1.80. The quantitative estimate of drug-likeness (QED) is 0.0667. The molecular weight excluding hydrogens is 931 g/mol. The van der Waals surface area contributed by atoms with Crippen LogP contribution in [0.3, 0.4) is 0 Å². The van der Waals surface area contributed by atoms with Crippen LogP contribution in [-0.2, 0) is 54.3 Å². The number of hydrogen-bond donors (Lipinski definition) is 8. The van der Waals surface area contributed by atoms with E-state index in [-0.39, 0.29) is 61.2 Å². The Morgan fingerprint density at radius 3 is 2.13 bits per heavy atom. The van der Waals surface area contributed by atoms with Crippen molar-refractivity contribution in [1.82, 2.24) is 25.3 Å². The first-order valence-corrected chi connectivity index (χ1v) is 24.2. The number of likely N-dealkylation sites (N-methyl/N-ethyl adjacent to an activating group) is 2. The summed E-state index contributed by atoms with van der Waals surface area (Å²) in [6.07, 6.45) is -9.89. The summed E-state index contributed by atoms with van der Waals surface area (Å²) in [7, 11) is 7.57. The van der Waals surface area contributed by atoms with Crippen LogP contribution in [-0.4, -0.2) is 192 Å². The standard InChI is InChI=1S/C48H79N7O16/c1-13-26(6)37(32(67-11)22-34(57)55-20-14-15-30(55)41(68-12)27(7)43(61)50-8)53(9)45(63)35(24(2)3)52-44(62)36(25(4)5)54(10)48(66)69-23-28-16-17-31(29(21-28)51-33(56)18-19-49)70-47-40(60)38(58)39(59)42(71-47)46(64)65/h16-17,21,24-27,30,32,35-42,47,58-60H,13-15,18-20,22-23,49H2,1-12H3,(H,50,61)(H,51,56)(H,52,62)(H,64,65)/t26-,27-,30+,32-,35+,36+,37+,38+,39+,40-,41-,42+,47-/m1/s1. The lowest BCUT2D eigenvalue weighted by Crippen LogP contribution is -2.61. The molecule has 2 fully saturated rings. The fourth-order valence-electron chi connectivity index (χ4n) is 9.28. The van der Waals surface area contributed by atoms with E-state index in [1.54, 1.807) is 53.6 Å². The third-order valence-corrected chi connectivity index (χ3v) is 13.4. The van der Waals surface area contributed by atoms with E-state index in [0.29, 0.717) is 24.9 Å². The number of nitrogens with two attached hydrogens (primary N) is 1. The summed E-state index contributed by atoms with van der Waals surface area (Å²) in [6.45, 7) is 12.8. The first-order valence-electron chi connectivity index (χ1n) is 24.2. The van der Waals surface area contributed by atoms with E-state index in [9.17, 15) is 54.0 Å². The third-order valence-electron chi connectivity index (χ3n) is 13.4. The summed E-state index contributed by atoms with van der Waals surface area (Å²) in [6, 6.07) is 0.998. The Bertz CT molecular complexity index is 1980. The highest BCUT2D eigenvalue weighted by Gasteiger charge is 2.49. The molecule has 2 aliphatic heterocycles. The fraction of sp³-hybridized carbons (Fsp3) is 0.729. The molecule has 0 unspecified atom stereocenters. The summed E-state index contributed by atoms with van der Waals surface area (Å²) in [5.74, 6) is -5.33. The molecule has 0 bridgehead atoms. The number of methoxy groups -OCH3 is 2. The molecule has 0 aliphatic carbocycles. The maximum Gasteiger partial charge on any atom is 0.410 e. The van der Waals surface area contributed by atoms with Crippen LogP contribution < -0.4 is 26.4 Å². The molecule has 0 radical (unpaired) electrons. The van der Waals surface area contributed by atoms with Crippen molar-refractivity contribution in [3.8, 4) is 5.75 Å². The number of likely N-dealkylation sites (tertiary alicyclic amines) is 1. The van der Waals surface area contributed by atoms with E-state index in [4.69, 9.17) is 29.4 Å². The van der Waals surface area contributed by atoms with Crippen molar-refractivity contribution < 1.29 is 77.7 Å². The number of aliphatic hydroxyl groups excluding tert-OH is 3. The number of nitrogens with one attached hydrogen (secondary N) is 3. The van der Waals surface area contributed by atoms with Crippen LogP contribution in [0.25, 0.3) is 0 Å². The number of hydrogen-bond acceptors (Lipinski definition) is 16. The lowest BCUT2D eigenvalue weighted by Gasteiger charge is -2.41. The van der Waals surface area contributed by atoms with E-state index in [1.807, 2.05) is 13.8 Å². The fourth-order valence-corrected chi connectivity index (χ4v) is 9.28. The molecule has 9 N–H and O–H groups in total. The van der Waals surface area contributed by atoms with Gasteiger partial charge in [0, 0.05) is 54.9 Å². The molecule has 2 aliphatic rings. The molecular formula is C48H79N7O16. The smallest absolute Gasteiger partial charge is 0.410 e. The number of carboxylic acids is 1. The normalized spacial score (nSPS) is 23.1. The Kier molecular flexibility index (Phi) is 23.4. The van der Waals surface area contributed by atoms with Crippen molar-refractivity contribution in [3.05, 3.63) is 23.8 Å². The highest BCUT2D eigenvalue weighted by Crippen LogP contribution is 2.33. The van der Waals surface area contributed by atoms with Crippen LogP contribution in [0.1, 0.15) is 86.1 Å². The van der Waals surface area contributed by atoms with Crippen LogP contribution in [0.15, 0.2) is 18.2 Å². The Labute approximate surface area is 416 Å². The summed E-state index contributed by atoms with van der Waals surface area (Å²) >= 11 is 0. The van der Waals surface area contributed by atoms with Gasteiger partial charge in [0.25, 0.3) is 0 Å². The van der Waals surface area contributed by atoms with Crippen molar-refractivity contribution in [3.63, 3.8) is 0 Å². The first kappa shape index (κ1) is 60.1. The van der Waals surface area contributed by atoms with Crippen LogP contribution in [0.2, 0.25) is 0 Å². The average Bonchev–Trinajstić information content (AvgIpc) is 3.81. The minimum Gasteiger partial charge on any atom is -0.479 e. The van der Waals surface area contributed by atoms with Crippen LogP contribution in [0.5, 0.6) is 5.75 Å². The Morgan fingerprint density at radius 2 is 1.58 bits per heavy atom. The zero-order valence-corrected chi connectivity index (χ0v) is 43.2. The molecule has 2 heterocycles. The molecule has 23 heteroatoms. The lowest BCUT2D eigenvalue weighted by molar-refractivity contribution is -0.271. The minimum atomic E-state index is -1.96. The number of aliphatic hydroxyl groups is 3. The van der Waals surface area contributed by atoms with E-state index in [2.05, 4.69) is 16.0 Å². The molecule has 71 heavy (non-hydrogen) atoms. The Morgan fingerprint density at radius 1 is 0.915 bits per heavy atom. The number of benzene rings is 1. The SMILES string of the molecule is CC[C@@H](C)[C@@H]([C@@H](CC(=O)N1CCC[C@H]1[C@H](OC)[C@@H](C)C(=O)NC)OC)N(C)C(=O)[C@@H](NC(=O)[C@H](C(C)C)N(C)C(=O)OCc1ccc(O[C@@H]2O[C@H](C(=O)O)[C@@H](O)[C@H](O)[C@H]2O)c(NC(=O)CCN)c1)C(C)C. The van der Waals surface area contributed by atoms with Crippen molar-refractivity contribution >= 4 is 47.3 Å². The van der Waals surface area contributed by atoms with Gasteiger partial charge in [-0.15, -0.1) is 0 Å². The molecule has 0 aromatic heterocycles. The number of rotatable bonds is 25. The van der Waals surface area contributed by atoms with E-state index >= 15 is 0 Å². The average molecular weight is 1010 g/mol. The van der Waals surface area contributed by atoms with Gasteiger partial charge in [-0.05, 0) is 48.3 Å². The number of ether oxygens (including phenoxy) is 5. The summed E-state index contributed by atoms with van der Waals surface area (Å²) in [4.78, 5) is 97.9. The predicted octanol–water partition coefficient (Wildman–Crippen LogP) is 0.645. The molecule has 6 amide bonds. The summed E-state index contributed by atoms with van der Waals surface area (Å²) < 4.78 is 28.3. The van der Waals surface area contributed by atoms with Gasteiger partial charge >= 0.3 is 12.1 Å². The molecule has 2 saturated heterocycles. The third kappa shape index (κ3) is 15.2. The predicted molar refractivity (Wildman–Crippen MR) is 257 cm³/mol. The number of carbonyl (C=O) groups excluding carboxylic acids is 6. The number of anilines is 1. The van der Waals surface area contributed by atoms with Crippen molar-refractivity contribution in [2.24, 2.45) is 29.4 Å². The van der Waals surface area contributed by atoms with Gasteiger partial charge in [-0.2, -0.15) is 0 Å². The number of carbonyl (C=O) groups is 7. The molecule has 3 rings (SSSR count). The molecule has 0 spiro atoms. The van der Waals surface area contributed by atoms with Gasteiger partial charge < -0.3 is 75.6 Å². The van der Waals surface area contributed by atoms with Crippen molar-refractivity contribution in [2.75, 3.05) is 53.8 Å². The maximum atomic E-state index is 14.6. The van der Waals surface area contributed by atoms with Crippen molar-refractivity contribution in [2.45, 2.75) is 154 Å². The van der Waals surface area contributed by atoms with E-state index < -0.39 is 109 Å². The first-order chi connectivity index (χ1) is 33.4. The highest BCUT2D eigenvalue weighted by atomic mass is 16.7. The second kappa shape index (κ2) is 27.6. The monoisotopic (exact) mass is 1010 g/mol. The van der Waals surface area contributed by atoms with E-state index in [0.717, 1.165) is 11.3 Å². The zero-order valence-electron chi connectivity index (χ0n) is 43.2. The second-order valence-electron chi connectivity index (χ2n) is 19.1. The largest absolute Gasteiger partial charge is 0.479 e. The molecule has 13 atom stereocenters.